The summed E-state index contributed by atoms with van der Waals surface area (Å²) in [6.45, 7) is 8.20. The Labute approximate surface area is 185 Å². The van der Waals surface area contributed by atoms with Crippen LogP contribution >= 0.6 is 11.3 Å². The van der Waals surface area contributed by atoms with Gasteiger partial charge in [-0.1, -0.05) is 13.8 Å². The fourth-order valence-corrected chi connectivity index (χ4v) is 3.77. The van der Waals surface area contributed by atoms with Crippen molar-refractivity contribution in [2.45, 2.75) is 27.2 Å². The van der Waals surface area contributed by atoms with Crippen LogP contribution in [0.3, 0.4) is 0 Å². The Kier molecular flexibility index (Phi) is 7.56. The molecule has 1 fully saturated rings. The lowest BCUT2D eigenvalue weighted by Crippen LogP contribution is -2.49. The monoisotopic (exact) mass is 445 g/mol. The minimum atomic E-state index is -0.383. The van der Waals surface area contributed by atoms with E-state index in [0.29, 0.717) is 49.2 Å². The standard InChI is InChI=1S/C21H27N5O4S/c1-4-30-20(29)15-5-6-17(22-12-15)25-7-9-26(10-8-25)18(27)11-16-13-31-21(23-16)24-19(28)14(2)3/h5-6,12-14H,4,7-11H2,1-3H3,(H,23,24,28). The molecule has 10 heteroatoms. The van der Waals surface area contributed by atoms with Crippen molar-refractivity contribution in [3.63, 3.8) is 0 Å². The van der Waals surface area contributed by atoms with Crippen molar-refractivity contribution in [3.8, 4) is 0 Å². The van der Waals surface area contributed by atoms with Gasteiger partial charge < -0.3 is 19.9 Å². The predicted octanol–water partition coefficient (Wildman–Crippen LogP) is 2.20. The molecule has 2 amide bonds. The summed E-state index contributed by atoms with van der Waals surface area (Å²) in [5, 5.41) is 5.08. The van der Waals surface area contributed by atoms with Crippen molar-refractivity contribution in [3.05, 3.63) is 35.0 Å². The first-order chi connectivity index (χ1) is 14.9. The first kappa shape index (κ1) is 22.7. The lowest BCUT2D eigenvalue weighted by atomic mass is 10.2. The maximum Gasteiger partial charge on any atom is 0.339 e. The number of hydrogen-bond acceptors (Lipinski definition) is 8. The Morgan fingerprint density at radius 1 is 1.19 bits per heavy atom. The van der Waals surface area contributed by atoms with Gasteiger partial charge in [0.15, 0.2) is 5.13 Å². The van der Waals surface area contributed by atoms with Gasteiger partial charge in [0.05, 0.1) is 24.3 Å². The number of esters is 1. The highest BCUT2D eigenvalue weighted by molar-refractivity contribution is 7.13. The summed E-state index contributed by atoms with van der Waals surface area (Å²) in [4.78, 5) is 48.8. The molecule has 0 aliphatic carbocycles. The highest BCUT2D eigenvalue weighted by Crippen LogP contribution is 2.19. The highest BCUT2D eigenvalue weighted by Gasteiger charge is 2.23. The van der Waals surface area contributed by atoms with Gasteiger partial charge in [-0.05, 0) is 19.1 Å². The maximum absolute atomic E-state index is 12.6. The molecule has 0 radical (unpaired) electrons. The Balaban J connectivity index is 1.49. The number of carbonyl (C=O) groups excluding carboxylic acids is 3. The summed E-state index contributed by atoms with van der Waals surface area (Å²) in [6, 6.07) is 3.50. The van der Waals surface area contributed by atoms with Gasteiger partial charge in [-0.15, -0.1) is 11.3 Å². The average molecular weight is 446 g/mol. The number of nitrogens with one attached hydrogen (secondary N) is 1. The molecular weight excluding hydrogens is 418 g/mol. The summed E-state index contributed by atoms with van der Waals surface area (Å²) in [7, 11) is 0. The van der Waals surface area contributed by atoms with Crippen molar-refractivity contribution in [2.24, 2.45) is 5.92 Å². The molecule has 1 aliphatic heterocycles. The van der Waals surface area contributed by atoms with Crippen molar-refractivity contribution in [2.75, 3.05) is 43.0 Å². The predicted molar refractivity (Wildman–Crippen MR) is 118 cm³/mol. The number of amides is 2. The van der Waals surface area contributed by atoms with Crippen LogP contribution in [0.2, 0.25) is 0 Å². The summed E-state index contributed by atoms with van der Waals surface area (Å²) in [5.41, 5.74) is 1.08. The smallest absolute Gasteiger partial charge is 0.339 e. The minimum absolute atomic E-state index is 0.0114. The third kappa shape index (κ3) is 6.00. The molecule has 1 saturated heterocycles. The summed E-state index contributed by atoms with van der Waals surface area (Å²) >= 11 is 1.32. The molecule has 0 atom stereocenters. The van der Waals surface area contributed by atoms with Crippen LogP contribution in [0.4, 0.5) is 10.9 Å². The number of pyridine rings is 1. The molecule has 0 saturated carbocycles. The summed E-state index contributed by atoms with van der Waals surface area (Å²) < 4.78 is 4.97. The maximum atomic E-state index is 12.6. The molecule has 1 N–H and O–H groups in total. The van der Waals surface area contributed by atoms with Crippen LogP contribution in [0.25, 0.3) is 0 Å². The van der Waals surface area contributed by atoms with Crippen LogP contribution in [0.15, 0.2) is 23.7 Å². The van der Waals surface area contributed by atoms with Crippen molar-refractivity contribution >= 4 is 40.1 Å². The number of thiazole rings is 1. The molecule has 0 unspecified atom stereocenters. The Morgan fingerprint density at radius 3 is 2.55 bits per heavy atom. The highest BCUT2D eigenvalue weighted by atomic mass is 32.1. The van der Waals surface area contributed by atoms with Crippen molar-refractivity contribution in [1.82, 2.24) is 14.9 Å². The molecule has 3 heterocycles. The second-order valence-electron chi connectivity index (χ2n) is 7.46. The number of hydrogen-bond donors (Lipinski definition) is 1. The quantitative estimate of drug-likeness (QED) is 0.652. The molecule has 3 rings (SSSR count). The number of carbonyl (C=O) groups is 3. The second kappa shape index (κ2) is 10.3. The molecular formula is C21H27N5O4S. The molecule has 0 aromatic carbocycles. The molecule has 2 aromatic rings. The minimum Gasteiger partial charge on any atom is -0.462 e. The zero-order valence-corrected chi connectivity index (χ0v) is 18.8. The van der Waals surface area contributed by atoms with E-state index in [1.165, 1.54) is 17.5 Å². The van der Waals surface area contributed by atoms with Gasteiger partial charge in [-0.3, -0.25) is 9.59 Å². The summed E-state index contributed by atoms with van der Waals surface area (Å²) in [5.74, 6) is 0.182. The van der Waals surface area contributed by atoms with Gasteiger partial charge in [0.2, 0.25) is 11.8 Å². The number of rotatable bonds is 7. The zero-order valence-electron chi connectivity index (χ0n) is 18.0. The molecule has 0 spiro atoms. The third-order valence-electron chi connectivity index (χ3n) is 4.85. The number of aromatic nitrogens is 2. The van der Waals surface area contributed by atoms with Crippen LogP contribution in [0.1, 0.15) is 36.8 Å². The van der Waals surface area contributed by atoms with E-state index in [1.54, 1.807) is 24.4 Å². The SMILES string of the molecule is CCOC(=O)c1ccc(N2CCN(C(=O)Cc3csc(NC(=O)C(C)C)n3)CC2)nc1. The number of nitrogens with zero attached hydrogens (tertiary/aromatic N) is 4. The third-order valence-corrected chi connectivity index (χ3v) is 5.66. The van der Waals surface area contributed by atoms with E-state index < -0.39 is 0 Å². The normalized spacial score (nSPS) is 13.9. The van der Waals surface area contributed by atoms with E-state index in [1.807, 2.05) is 18.7 Å². The van der Waals surface area contributed by atoms with Gasteiger partial charge >= 0.3 is 5.97 Å². The van der Waals surface area contributed by atoms with Gasteiger partial charge in [-0.2, -0.15) is 0 Å². The van der Waals surface area contributed by atoms with E-state index in [0.717, 1.165) is 5.82 Å². The second-order valence-corrected chi connectivity index (χ2v) is 8.32. The van der Waals surface area contributed by atoms with Gasteiger partial charge in [-0.25, -0.2) is 14.8 Å². The topological polar surface area (TPSA) is 105 Å². The van der Waals surface area contributed by atoms with Crippen molar-refractivity contribution < 1.29 is 19.1 Å². The van der Waals surface area contributed by atoms with Gasteiger partial charge in [0.1, 0.15) is 5.82 Å². The molecule has 31 heavy (non-hydrogen) atoms. The van der Waals surface area contributed by atoms with E-state index in [4.69, 9.17) is 4.74 Å². The lowest BCUT2D eigenvalue weighted by molar-refractivity contribution is -0.130. The Morgan fingerprint density at radius 2 is 1.94 bits per heavy atom. The van der Waals surface area contributed by atoms with Crippen molar-refractivity contribution in [1.29, 1.82) is 0 Å². The molecule has 1 aliphatic rings. The van der Waals surface area contributed by atoms with E-state index >= 15 is 0 Å². The van der Waals surface area contributed by atoms with Crippen LogP contribution in [0, 0.1) is 5.92 Å². The molecule has 9 nitrogen and oxygen atoms in total. The Bertz CT molecular complexity index is 920. The van der Waals surface area contributed by atoms with E-state index in [9.17, 15) is 14.4 Å². The lowest BCUT2D eigenvalue weighted by Gasteiger charge is -2.35. The number of piperazine rings is 1. The Hall–Kier alpha value is -3.01. The van der Waals surface area contributed by atoms with E-state index in [-0.39, 0.29) is 30.1 Å². The van der Waals surface area contributed by atoms with Crippen LogP contribution in [0.5, 0.6) is 0 Å². The van der Waals surface area contributed by atoms with Gasteiger partial charge in [0.25, 0.3) is 0 Å². The first-order valence-electron chi connectivity index (χ1n) is 10.3. The van der Waals surface area contributed by atoms with Crippen LogP contribution in [-0.4, -0.2) is 65.4 Å². The van der Waals surface area contributed by atoms with E-state index in [2.05, 4.69) is 20.2 Å². The summed E-state index contributed by atoms with van der Waals surface area (Å²) in [6.07, 6.45) is 1.73. The number of ether oxygens (including phenoxy) is 1. The molecule has 166 valence electrons. The largest absolute Gasteiger partial charge is 0.462 e. The number of anilines is 2. The average Bonchev–Trinajstić information content (AvgIpc) is 3.20. The van der Waals surface area contributed by atoms with Gasteiger partial charge in [0, 0.05) is 43.7 Å². The van der Waals surface area contributed by atoms with Crippen LogP contribution < -0.4 is 10.2 Å². The molecule has 2 aromatic heterocycles. The first-order valence-corrected chi connectivity index (χ1v) is 11.2. The fourth-order valence-electron chi connectivity index (χ4n) is 3.06. The fraction of sp³-hybridized carbons (Fsp3) is 0.476. The van der Waals surface area contributed by atoms with Crippen LogP contribution in [-0.2, 0) is 20.7 Å². The zero-order chi connectivity index (χ0) is 22.4. The molecule has 0 bridgehead atoms.